The second kappa shape index (κ2) is 6.23. The Morgan fingerprint density at radius 1 is 1.33 bits per heavy atom. The smallest absolute Gasteiger partial charge is 0.343 e. The van der Waals surface area contributed by atoms with Crippen LogP contribution in [0.1, 0.15) is 24.2 Å². The van der Waals surface area contributed by atoms with Gasteiger partial charge < -0.3 is 14.2 Å². The molecule has 0 atom stereocenters. The number of pyridine rings is 1. The molecule has 0 fully saturated rings. The summed E-state index contributed by atoms with van der Waals surface area (Å²) in [5.74, 6) is 0.153. The number of carbonyl (C=O) groups excluding carboxylic acids is 2. The highest BCUT2D eigenvalue weighted by Gasteiger charge is 2.22. The Balaban J connectivity index is 2.33. The first-order valence-electron chi connectivity index (χ1n) is 7.49. The minimum absolute atomic E-state index is 0.0513. The Kier molecular flexibility index (Phi) is 4.11. The number of amides is 1. The van der Waals surface area contributed by atoms with E-state index in [9.17, 15) is 14.4 Å². The molecule has 1 aliphatic heterocycles. The molecule has 3 rings (SSSR count). The summed E-state index contributed by atoms with van der Waals surface area (Å²) >= 11 is 0. The van der Waals surface area contributed by atoms with Crippen LogP contribution in [0.15, 0.2) is 23.1 Å². The summed E-state index contributed by atoms with van der Waals surface area (Å²) in [5.41, 5.74) is -0.199. The fourth-order valence-corrected chi connectivity index (χ4v) is 2.54. The first-order chi connectivity index (χ1) is 11.6. The quantitative estimate of drug-likeness (QED) is 0.600. The molecule has 1 aliphatic rings. The molecule has 1 amide bonds. The van der Waals surface area contributed by atoms with E-state index < -0.39 is 11.4 Å². The van der Waals surface area contributed by atoms with Crippen LogP contribution in [-0.2, 0) is 9.53 Å². The molecule has 8 heteroatoms. The molecule has 0 bridgehead atoms. The van der Waals surface area contributed by atoms with Gasteiger partial charge in [-0.05, 0) is 19.9 Å². The van der Waals surface area contributed by atoms with Crippen LogP contribution < -0.4 is 19.9 Å². The van der Waals surface area contributed by atoms with Gasteiger partial charge in [0.2, 0.25) is 18.6 Å². The molecule has 1 aromatic heterocycles. The average molecular weight is 332 g/mol. The van der Waals surface area contributed by atoms with E-state index in [1.807, 2.05) is 0 Å². The van der Waals surface area contributed by atoms with Crippen LogP contribution in [0.4, 0.5) is 0 Å². The minimum Gasteiger partial charge on any atom is -0.462 e. The van der Waals surface area contributed by atoms with E-state index in [-0.39, 0.29) is 24.3 Å². The summed E-state index contributed by atoms with van der Waals surface area (Å²) in [5, 5.41) is 1.57. The topological polar surface area (TPSA) is 87.1 Å². The number of rotatable bonds is 5. The van der Waals surface area contributed by atoms with Crippen LogP contribution >= 0.6 is 0 Å². The number of nitrogens with zero attached hydrogens (tertiary/aromatic N) is 2. The highest BCUT2D eigenvalue weighted by molar-refractivity contribution is 5.95. The van der Waals surface area contributed by atoms with Gasteiger partial charge >= 0.3 is 5.97 Å². The van der Waals surface area contributed by atoms with Gasteiger partial charge in [-0.15, -0.1) is 0 Å². The molecule has 0 aliphatic carbocycles. The summed E-state index contributed by atoms with van der Waals surface area (Å²) < 4.78 is 17.0. The van der Waals surface area contributed by atoms with E-state index in [2.05, 4.69) is 0 Å². The monoisotopic (exact) mass is 332 g/mol. The standard InChI is InChI=1S/C16H16N2O6/c1-3-17(8-19)18-7-11(16(21)22-4-2)15(20)10-5-13-14(6-12(10)18)24-9-23-13/h5-8H,3-4,9H2,1-2H3. The van der Waals surface area contributed by atoms with E-state index in [1.54, 1.807) is 19.9 Å². The van der Waals surface area contributed by atoms with E-state index in [0.29, 0.717) is 30.0 Å². The number of hydrogen-bond acceptors (Lipinski definition) is 6. The summed E-state index contributed by atoms with van der Waals surface area (Å²) in [4.78, 5) is 36.1. The summed E-state index contributed by atoms with van der Waals surface area (Å²) in [6.07, 6.45) is 1.92. The molecule has 0 spiro atoms. The van der Waals surface area contributed by atoms with Gasteiger partial charge in [0.1, 0.15) is 5.56 Å². The summed E-state index contributed by atoms with van der Waals surface area (Å²) in [6, 6.07) is 3.12. The minimum atomic E-state index is -0.738. The lowest BCUT2D eigenvalue weighted by molar-refractivity contribution is -0.108. The van der Waals surface area contributed by atoms with Crippen molar-refractivity contribution in [2.45, 2.75) is 13.8 Å². The molecular formula is C16H16N2O6. The maximum absolute atomic E-state index is 12.7. The third kappa shape index (κ3) is 2.45. The number of benzene rings is 1. The van der Waals surface area contributed by atoms with Crippen LogP contribution in [0.25, 0.3) is 10.9 Å². The molecule has 1 aromatic carbocycles. The van der Waals surface area contributed by atoms with Crippen molar-refractivity contribution >= 4 is 23.3 Å². The molecule has 2 heterocycles. The lowest BCUT2D eigenvalue weighted by Gasteiger charge is -2.22. The third-order valence-electron chi connectivity index (χ3n) is 3.70. The molecule has 0 saturated heterocycles. The van der Waals surface area contributed by atoms with Gasteiger partial charge in [0.25, 0.3) is 0 Å². The average Bonchev–Trinajstić information content (AvgIpc) is 3.04. The summed E-state index contributed by atoms with van der Waals surface area (Å²) in [6.45, 7) is 3.96. The zero-order valence-corrected chi connectivity index (χ0v) is 13.3. The molecule has 0 radical (unpaired) electrons. The van der Waals surface area contributed by atoms with Crippen molar-refractivity contribution in [2.24, 2.45) is 0 Å². The lowest BCUT2D eigenvalue weighted by atomic mass is 10.1. The van der Waals surface area contributed by atoms with E-state index in [4.69, 9.17) is 14.2 Å². The highest BCUT2D eigenvalue weighted by Crippen LogP contribution is 2.35. The number of carbonyl (C=O) groups is 2. The third-order valence-corrected chi connectivity index (χ3v) is 3.70. The van der Waals surface area contributed by atoms with Crippen LogP contribution in [-0.4, -0.2) is 37.0 Å². The second-order valence-electron chi connectivity index (χ2n) is 5.02. The Morgan fingerprint density at radius 2 is 2.04 bits per heavy atom. The predicted octanol–water partition coefficient (Wildman–Crippen LogP) is 1.02. The van der Waals surface area contributed by atoms with Gasteiger partial charge in [0, 0.05) is 18.8 Å². The Labute approximate surface area is 137 Å². The van der Waals surface area contributed by atoms with Crippen molar-refractivity contribution in [1.82, 2.24) is 4.68 Å². The molecule has 8 nitrogen and oxygen atoms in total. The number of esters is 1. The molecule has 126 valence electrons. The zero-order chi connectivity index (χ0) is 17.3. The molecular weight excluding hydrogens is 316 g/mol. The molecule has 0 saturated carbocycles. The maximum Gasteiger partial charge on any atom is 0.343 e. The van der Waals surface area contributed by atoms with Gasteiger partial charge in [0.15, 0.2) is 11.5 Å². The lowest BCUT2D eigenvalue weighted by Crippen LogP contribution is -2.35. The SMILES string of the molecule is CCOC(=O)c1cn(N(C=O)CC)c2cc3c(cc2c1=O)OCO3. The molecule has 0 N–H and O–H groups in total. The van der Waals surface area contributed by atoms with E-state index in [1.165, 1.54) is 21.9 Å². The van der Waals surface area contributed by atoms with Gasteiger partial charge in [-0.2, -0.15) is 0 Å². The van der Waals surface area contributed by atoms with Gasteiger partial charge in [0.05, 0.1) is 17.5 Å². The van der Waals surface area contributed by atoms with Crippen LogP contribution in [0.2, 0.25) is 0 Å². The van der Waals surface area contributed by atoms with Crippen LogP contribution in [0.3, 0.4) is 0 Å². The normalized spacial score (nSPS) is 12.2. The van der Waals surface area contributed by atoms with Crippen LogP contribution in [0.5, 0.6) is 11.5 Å². The van der Waals surface area contributed by atoms with Crippen molar-refractivity contribution < 1.29 is 23.8 Å². The number of fused-ring (bicyclic) bond motifs is 2. The fraction of sp³-hybridized carbons (Fsp3) is 0.312. The highest BCUT2D eigenvalue weighted by atomic mass is 16.7. The second-order valence-corrected chi connectivity index (χ2v) is 5.02. The molecule has 2 aromatic rings. The summed E-state index contributed by atoms with van der Waals surface area (Å²) in [7, 11) is 0. The Bertz CT molecular complexity index is 873. The zero-order valence-electron chi connectivity index (χ0n) is 13.3. The van der Waals surface area contributed by atoms with Gasteiger partial charge in [-0.1, -0.05) is 0 Å². The molecule has 0 unspecified atom stereocenters. The Morgan fingerprint density at radius 3 is 2.67 bits per heavy atom. The number of hydrogen-bond donors (Lipinski definition) is 0. The largest absolute Gasteiger partial charge is 0.462 e. The van der Waals surface area contributed by atoms with Crippen molar-refractivity contribution in [2.75, 3.05) is 25.0 Å². The van der Waals surface area contributed by atoms with Crippen molar-refractivity contribution in [1.29, 1.82) is 0 Å². The maximum atomic E-state index is 12.7. The van der Waals surface area contributed by atoms with Crippen molar-refractivity contribution in [3.63, 3.8) is 0 Å². The fourth-order valence-electron chi connectivity index (χ4n) is 2.54. The van der Waals surface area contributed by atoms with E-state index >= 15 is 0 Å². The first-order valence-corrected chi connectivity index (χ1v) is 7.49. The number of ether oxygens (including phenoxy) is 3. The van der Waals surface area contributed by atoms with Gasteiger partial charge in [-0.3, -0.25) is 19.3 Å². The van der Waals surface area contributed by atoms with E-state index in [0.717, 1.165) is 0 Å². The molecule has 24 heavy (non-hydrogen) atoms. The van der Waals surface area contributed by atoms with Crippen molar-refractivity contribution in [3.8, 4) is 11.5 Å². The van der Waals surface area contributed by atoms with Gasteiger partial charge in [-0.25, -0.2) is 4.79 Å². The Hall–Kier alpha value is -3.03. The first kappa shape index (κ1) is 15.9. The van der Waals surface area contributed by atoms with Crippen LogP contribution in [0, 0.1) is 0 Å². The van der Waals surface area contributed by atoms with Crippen molar-refractivity contribution in [3.05, 3.63) is 34.1 Å². The number of aromatic nitrogens is 1. The predicted molar refractivity (Wildman–Crippen MR) is 85.1 cm³/mol.